The van der Waals surface area contributed by atoms with Gasteiger partial charge in [0.05, 0.1) is 0 Å². The maximum atomic E-state index is 3.54. The smallest absolute Gasteiger partial charge is 0.00699 e. The van der Waals surface area contributed by atoms with E-state index in [1.54, 1.807) is 0 Å². The van der Waals surface area contributed by atoms with Gasteiger partial charge in [-0.3, -0.25) is 0 Å². The van der Waals surface area contributed by atoms with Crippen LogP contribution in [0.3, 0.4) is 0 Å². The Morgan fingerprint density at radius 2 is 2.23 bits per heavy atom. The Bertz CT molecular complexity index is 161. The Hall–Kier alpha value is -0.300. The minimum absolute atomic E-state index is 0.701. The van der Waals surface area contributed by atoms with E-state index in [4.69, 9.17) is 0 Å². The lowest BCUT2D eigenvalue weighted by Crippen LogP contribution is -2.38. The van der Waals surface area contributed by atoms with Gasteiger partial charge < -0.3 is 5.32 Å². The van der Waals surface area contributed by atoms with E-state index in [2.05, 4.69) is 38.2 Å². The highest BCUT2D eigenvalue weighted by Crippen LogP contribution is 2.20. The maximum absolute atomic E-state index is 3.54. The molecule has 0 bridgehead atoms. The van der Waals surface area contributed by atoms with Crippen molar-refractivity contribution in [3.05, 3.63) is 12.2 Å². The molecule has 0 radical (unpaired) electrons. The van der Waals surface area contributed by atoms with E-state index < -0.39 is 0 Å². The zero-order valence-electron chi connectivity index (χ0n) is 9.22. The van der Waals surface area contributed by atoms with Crippen LogP contribution in [-0.4, -0.2) is 12.6 Å². The summed E-state index contributed by atoms with van der Waals surface area (Å²) in [6.07, 6.45) is 8.69. The van der Waals surface area contributed by atoms with Gasteiger partial charge in [-0.2, -0.15) is 0 Å². The van der Waals surface area contributed by atoms with Crippen LogP contribution >= 0.6 is 0 Å². The fraction of sp³-hybridized carbons (Fsp3) is 0.833. The first-order valence-corrected chi connectivity index (χ1v) is 5.60. The van der Waals surface area contributed by atoms with Crippen LogP contribution in [0.4, 0.5) is 0 Å². The Morgan fingerprint density at radius 1 is 1.46 bits per heavy atom. The summed E-state index contributed by atoms with van der Waals surface area (Å²) in [6.45, 7) is 8.00. The molecule has 0 saturated carbocycles. The van der Waals surface area contributed by atoms with Crippen LogP contribution in [0.15, 0.2) is 12.2 Å². The molecule has 1 rings (SSSR count). The van der Waals surface area contributed by atoms with Crippen molar-refractivity contribution in [2.75, 3.05) is 6.54 Å². The number of hydrogen-bond donors (Lipinski definition) is 1. The van der Waals surface area contributed by atoms with Gasteiger partial charge in [0, 0.05) is 6.04 Å². The molecular formula is C12H23N. The van der Waals surface area contributed by atoms with E-state index in [1.807, 2.05) is 0 Å². The fourth-order valence-electron chi connectivity index (χ4n) is 1.96. The molecule has 1 saturated heterocycles. The normalized spacial score (nSPS) is 30.2. The van der Waals surface area contributed by atoms with Crippen molar-refractivity contribution >= 4 is 0 Å². The van der Waals surface area contributed by atoms with Crippen LogP contribution in [0.1, 0.15) is 40.0 Å². The van der Waals surface area contributed by atoms with Crippen LogP contribution in [0.25, 0.3) is 0 Å². The average molecular weight is 181 g/mol. The Kier molecular flexibility index (Phi) is 4.51. The summed E-state index contributed by atoms with van der Waals surface area (Å²) in [4.78, 5) is 0. The van der Waals surface area contributed by atoms with Crippen LogP contribution in [0, 0.1) is 11.8 Å². The molecule has 76 valence electrons. The lowest BCUT2D eigenvalue weighted by molar-refractivity contribution is 0.298. The van der Waals surface area contributed by atoms with Crippen LogP contribution in [0.2, 0.25) is 0 Å². The molecule has 0 aromatic rings. The summed E-state index contributed by atoms with van der Waals surface area (Å²) in [7, 11) is 0. The van der Waals surface area contributed by atoms with Crippen LogP contribution in [-0.2, 0) is 0 Å². The van der Waals surface area contributed by atoms with E-state index in [0.29, 0.717) is 12.0 Å². The third-order valence-electron chi connectivity index (χ3n) is 2.88. The highest BCUT2D eigenvalue weighted by Gasteiger charge is 2.18. The highest BCUT2D eigenvalue weighted by molar-refractivity contribution is 4.90. The molecule has 2 unspecified atom stereocenters. The zero-order valence-corrected chi connectivity index (χ0v) is 9.22. The third kappa shape index (κ3) is 3.95. The standard InChI is InChI=1S/C12H23N/c1-10(2)6-4-7-12-8-5-9-13-11(12)3/h4,6,10-13H,5,7-9H2,1-3H3. The van der Waals surface area contributed by atoms with Crippen LogP contribution < -0.4 is 5.32 Å². The molecule has 1 heteroatoms. The van der Waals surface area contributed by atoms with Gasteiger partial charge in [0.25, 0.3) is 0 Å². The fourth-order valence-corrected chi connectivity index (χ4v) is 1.96. The van der Waals surface area contributed by atoms with E-state index in [9.17, 15) is 0 Å². The number of rotatable bonds is 3. The number of piperidine rings is 1. The molecule has 0 aromatic heterocycles. The SMILES string of the molecule is CC(C)C=CCC1CCCNC1C. The first kappa shape index (κ1) is 10.8. The summed E-state index contributed by atoms with van der Waals surface area (Å²) in [6, 6.07) is 0.713. The van der Waals surface area contributed by atoms with Gasteiger partial charge in [0.1, 0.15) is 0 Å². The van der Waals surface area contributed by atoms with Gasteiger partial charge in [0.15, 0.2) is 0 Å². The second kappa shape index (κ2) is 5.43. The third-order valence-corrected chi connectivity index (χ3v) is 2.88. The summed E-state index contributed by atoms with van der Waals surface area (Å²) in [5.74, 6) is 1.57. The highest BCUT2D eigenvalue weighted by atomic mass is 14.9. The second-order valence-corrected chi connectivity index (χ2v) is 4.55. The zero-order chi connectivity index (χ0) is 9.68. The number of hydrogen-bond acceptors (Lipinski definition) is 1. The largest absolute Gasteiger partial charge is 0.314 e. The quantitative estimate of drug-likeness (QED) is 0.660. The molecule has 1 nitrogen and oxygen atoms in total. The molecule has 0 amide bonds. The molecular weight excluding hydrogens is 158 g/mol. The van der Waals surface area contributed by atoms with E-state index in [-0.39, 0.29) is 0 Å². The predicted octanol–water partition coefficient (Wildman–Crippen LogP) is 2.98. The first-order chi connectivity index (χ1) is 6.20. The second-order valence-electron chi connectivity index (χ2n) is 4.55. The molecule has 1 aliphatic rings. The summed E-state index contributed by atoms with van der Waals surface area (Å²) in [5.41, 5.74) is 0. The minimum Gasteiger partial charge on any atom is -0.314 e. The number of allylic oxidation sites excluding steroid dienone is 2. The van der Waals surface area contributed by atoms with E-state index >= 15 is 0 Å². The monoisotopic (exact) mass is 181 g/mol. The van der Waals surface area contributed by atoms with Gasteiger partial charge in [-0.15, -0.1) is 0 Å². The average Bonchev–Trinajstić information content (AvgIpc) is 2.08. The van der Waals surface area contributed by atoms with Gasteiger partial charge in [-0.25, -0.2) is 0 Å². The van der Waals surface area contributed by atoms with E-state index in [1.165, 1.54) is 25.8 Å². The maximum Gasteiger partial charge on any atom is 0.00699 e. The Balaban J connectivity index is 2.26. The predicted molar refractivity (Wildman–Crippen MR) is 58.8 cm³/mol. The molecule has 13 heavy (non-hydrogen) atoms. The topological polar surface area (TPSA) is 12.0 Å². The summed E-state index contributed by atoms with van der Waals surface area (Å²) < 4.78 is 0. The first-order valence-electron chi connectivity index (χ1n) is 5.60. The van der Waals surface area contributed by atoms with Gasteiger partial charge in [-0.05, 0) is 44.6 Å². The molecule has 0 spiro atoms. The molecule has 1 N–H and O–H groups in total. The summed E-state index contributed by atoms with van der Waals surface area (Å²) in [5, 5.41) is 3.54. The Labute approximate surface area is 82.6 Å². The van der Waals surface area contributed by atoms with Gasteiger partial charge in [-0.1, -0.05) is 26.0 Å². The van der Waals surface area contributed by atoms with Crippen molar-refractivity contribution in [2.45, 2.75) is 46.1 Å². The van der Waals surface area contributed by atoms with E-state index in [0.717, 1.165) is 5.92 Å². The summed E-state index contributed by atoms with van der Waals surface area (Å²) >= 11 is 0. The molecule has 1 fully saturated rings. The van der Waals surface area contributed by atoms with Crippen molar-refractivity contribution in [1.29, 1.82) is 0 Å². The molecule has 1 heterocycles. The van der Waals surface area contributed by atoms with Crippen molar-refractivity contribution in [3.63, 3.8) is 0 Å². The van der Waals surface area contributed by atoms with Crippen molar-refractivity contribution < 1.29 is 0 Å². The van der Waals surface area contributed by atoms with Crippen molar-refractivity contribution in [1.82, 2.24) is 5.32 Å². The molecule has 2 atom stereocenters. The van der Waals surface area contributed by atoms with Crippen molar-refractivity contribution in [2.24, 2.45) is 11.8 Å². The van der Waals surface area contributed by atoms with Gasteiger partial charge >= 0.3 is 0 Å². The number of nitrogens with one attached hydrogen (secondary N) is 1. The van der Waals surface area contributed by atoms with Crippen molar-refractivity contribution in [3.8, 4) is 0 Å². The lowest BCUT2D eigenvalue weighted by atomic mass is 9.89. The minimum atomic E-state index is 0.701. The Morgan fingerprint density at radius 3 is 2.85 bits per heavy atom. The molecule has 1 aliphatic heterocycles. The van der Waals surface area contributed by atoms with Gasteiger partial charge in [0.2, 0.25) is 0 Å². The lowest BCUT2D eigenvalue weighted by Gasteiger charge is -2.29. The molecule has 0 aromatic carbocycles. The van der Waals surface area contributed by atoms with Crippen LogP contribution in [0.5, 0.6) is 0 Å². The molecule has 0 aliphatic carbocycles.